The maximum atomic E-state index is 12.5. The van der Waals surface area contributed by atoms with Crippen LogP contribution in [0.1, 0.15) is 24.8 Å². The number of para-hydroxylation sites is 1. The number of urea groups is 1. The zero-order valence-corrected chi connectivity index (χ0v) is 21.9. The molecule has 2 heterocycles. The van der Waals surface area contributed by atoms with Gasteiger partial charge in [0.25, 0.3) is 0 Å². The van der Waals surface area contributed by atoms with E-state index in [1.54, 1.807) is 25.3 Å². The molecule has 210 valence electrons. The number of aliphatic hydroxyl groups is 1. The lowest BCUT2D eigenvalue weighted by Gasteiger charge is -2.20. The van der Waals surface area contributed by atoms with E-state index in [2.05, 4.69) is 31.2 Å². The van der Waals surface area contributed by atoms with Gasteiger partial charge in [-0.1, -0.05) is 54.6 Å². The molecule has 0 spiro atoms. The Kier molecular flexibility index (Phi) is 9.99. The number of carboxylic acid groups (broad SMARTS) is 1. The van der Waals surface area contributed by atoms with Gasteiger partial charge in [-0.05, 0) is 30.2 Å². The Hall–Kier alpha value is -4.52. The summed E-state index contributed by atoms with van der Waals surface area (Å²) in [5.41, 5.74) is 1.95. The molecule has 0 radical (unpaired) electrons. The SMILES string of the molecule is CNc1c(NC(=O)Nc2ccccc2)ncnc1N[C@H]1C[C@@H](O[C@@H](O)/C=C/c2ccccc2)[C@@H](CCC(=O)O)O1. The van der Waals surface area contributed by atoms with Crippen molar-refractivity contribution >= 4 is 41.1 Å². The van der Waals surface area contributed by atoms with Gasteiger partial charge in [-0.2, -0.15) is 0 Å². The average Bonchev–Trinajstić information content (AvgIpc) is 3.32. The number of ether oxygens (including phenoxy) is 2. The molecule has 1 fully saturated rings. The van der Waals surface area contributed by atoms with Crippen LogP contribution in [0.5, 0.6) is 0 Å². The normalized spacial score (nSPS) is 19.2. The largest absolute Gasteiger partial charge is 0.481 e. The monoisotopic (exact) mass is 548 g/mol. The lowest BCUT2D eigenvalue weighted by Crippen LogP contribution is -2.29. The van der Waals surface area contributed by atoms with Crippen LogP contribution in [-0.2, 0) is 14.3 Å². The highest BCUT2D eigenvalue weighted by Gasteiger charge is 2.37. The van der Waals surface area contributed by atoms with Gasteiger partial charge in [0.05, 0.1) is 12.2 Å². The minimum Gasteiger partial charge on any atom is -0.481 e. The quantitative estimate of drug-likeness (QED) is 0.182. The Balaban J connectivity index is 1.42. The van der Waals surface area contributed by atoms with Crippen molar-refractivity contribution in [3.05, 3.63) is 78.6 Å². The molecule has 0 unspecified atom stereocenters. The molecule has 4 atom stereocenters. The lowest BCUT2D eigenvalue weighted by molar-refractivity contribution is -0.140. The Bertz CT molecular complexity index is 1290. The Morgan fingerprint density at radius 1 is 1.07 bits per heavy atom. The molecule has 0 saturated carbocycles. The fraction of sp³-hybridized carbons (Fsp3) is 0.286. The van der Waals surface area contributed by atoms with E-state index in [1.165, 1.54) is 12.4 Å². The van der Waals surface area contributed by atoms with E-state index in [-0.39, 0.29) is 18.7 Å². The van der Waals surface area contributed by atoms with Crippen molar-refractivity contribution in [2.24, 2.45) is 0 Å². The van der Waals surface area contributed by atoms with Crippen molar-refractivity contribution in [3.8, 4) is 0 Å². The summed E-state index contributed by atoms with van der Waals surface area (Å²) >= 11 is 0. The summed E-state index contributed by atoms with van der Waals surface area (Å²) in [6.45, 7) is 0. The van der Waals surface area contributed by atoms with Crippen molar-refractivity contribution < 1.29 is 29.3 Å². The van der Waals surface area contributed by atoms with Crippen LogP contribution in [0.15, 0.2) is 73.1 Å². The Morgan fingerprint density at radius 2 is 1.77 bits per heavy atom. The maximum Gasteiger partial charge on any atom is 0.324 e. The smallest absolute Gasteiger partial charge is 0.324 e. The van der Waals surface area contributed by atoms with Crippen LogP contribution in [0.2, 0.25) is 0 Å². The number of hydrogen-bond donors (Lipinski definition) is 6. The predicted octanol–water partition coefficient (Wildman–Crippen LogP) is 3.97. The minimum atomic E-state index is -1.22. The first kappa shape index (κ1) is 28.5. The summed E-state index contributed by atoms with van der Waals surface area (Å²) in [5.74, 6) is -0.358. The summed E-state index contributed by atoms with van der Waals surface area (Å²) in [6, 6.07) is 18.0. The molecular weight excluding hydrogens is 516 g/mol. The molecule has 3 aromatic rings. The molecule has 12 heteroatoms. The van der Waals surface area contributed by atoms with E-state index < -0.39 is 36.7 Å². The minimum absolute atomic E-state index is 0.118. The Morgan fingerprint density at radius 3 is 2.48 bits per heavy atom. The van der Waals surface area contributed by atoms with E-state index in [4.69, 9.17) is 9.47 Å². The van der Waals surface area contributed by atoms with Crippen molar-refractivity contribution in [1.29, 1.82) is 0 Å². The Labute approximate surface area is 231 Å². The van der Waals surface area contributed by atoms with Crippen molar-refractivity contribution in [1.82, 2.24) is 9.97 Å². The molecule has 1 aliphatic heterocycles. The first-order chi connectivity index (χ1) is 19.4. The van der Waals surface area contributed by atoms with E-state index in [0.29, 0.717) is 23.6 Å². The molecule has 1 aliphatic rings. The summed E-state index contributed by atoms with van der Waals surface area (Å²) < 4.78 is 11.9. The lowest BCUT2D eigenvalue weighted by atomic mass is 10.1. The maximum absolute atomic E-state index is 12.5. The number of aromatic nitrogens is 2. The zero-order valence-electron chi connectivity index (χ0n) is 21.9. The highest BCUT2D eigenvalue weighted by Crippen LogP contribution is 2.32. The molecule has 4 rings (SSSR count). The summed E-state index contributed by atoms with van der Waals surface area (Å²) in [5, 5.41) is 31.2. The highest BCUT2D eigenvalue weighted by atomic mass is 16.6. The topological polar surface area (TPSA) is 167 Å². The zero-order chi connectivity index (χ0) is 28.3. The molecule has 0 bridgehead atoms. The molecule has 12 nitrogen and oxygen atoms in total. The third-order valence-electron chi connectivity index (χ3n) is 6.07. The van der Waals surface area contributed by atoms with Crippen LogP contribution in [0.3, 0.4) is 0 Å². The number of rotatable bonds is 12. The molecule has 1 aromatic heterocycles. The molecular formula is C28H32N6O6. The number of hydrogen-bond acceptors (Lipinski definition) is 9. The van der Waals surface area contributed by atoms with Gasteiger partial charge in [-0.25, -0.2) is 14.8 Å². The third kappa shape index (κ3) is 8.24. The number of aliphatic hydroxyl groups excluding tert-OH is 1. The summed E-state index contributed by atoms with van der Waals surface area (Å²) in [7, 11) is 1.66. The first-order valence-electron chi connectivity index (χ1n) is 12.8. The van der Waals surface area contributed by atoms with E-state index >= 15 is 0 Å². The number of nitrogens with zero attached hydrogens (tertiary/aromatic N) is 2. The first-order valence-corrected chi connectivity index (χ1v) is 12.8. The van der Waals surface area contributed by atoms with Crippen LogP contribution in [0, 0.1) is 0 Å². The van der Waals surface area contributed by atoms with Gasteiger partial charge in [0.1, 0.15) is 18.2 Å². The van der Waals surface area contributed by atoms with Crippen LogP contribution in [0.4, 0.5) is 27.8 Å². The van der Waals surface area contributed by atoms with Crippen LogP contribution in [0.25, 0.3) is 6.08 Å². The van der Waals surface area contributed by atoms with Gasteiger partial charge in [-0.15, -0.1) is 0 Å². The average molecular weight is 549 g/mol. The van der Waals surface area contributed by atoms with Gasteiger partial charge in [0, 0.05) is 25.6 Å². The van der Waals surface area contributed by atoms with E-state index in [1.807, 2.05) is 48.5 Å². The van der Waals surface area contributed by atoms with Crippen LogP contribution >= 0.6 is 0 Å². The summed E-state index contributed by atoms with van der Waals surface area (Å²) in [4.78, 5) is 32.2. The molecule has 1 saturated heterocycles. The molecule has 40 heavy (non-hydrogen) atoms. The third-order valence-corrected chi connectivity index (χ3v) is 6.07. The number of aliphatic carboxylic acids is 1. The van der Waals surface area contributed by atoms with E-state index in [0.717, 1.165) is 5.56 Å². The van der Waals surface area contributed by atoms with Crippen molar-refractivity contribution in [2.45, 2.75) is 44.0 Å². The number of amides is 2. The van der Waals surface area contributed by atoms with Gasteiger partial charge in [0.2, 0.25) is 0 Å². The van der Waals surface area contributed by atoms with Crippen LogP contribution < -0.4 is 21.3 Å². The standard InChI is InChI=1S/C28H32N6O6/c1-29-25-26(30-17-31-27(25)34-28(38)32-19-10-6-3-7-11-19)33-22-16-21(20(39-22)13-14-23(35)36)40-24(37)15-12-18-8-4-2-5-9-18/h2-12,15,17,20-22,24,29,37H,13-14,16H2,1H3,(H,35,36)(H3,30,31,32,33,34,38)/b15-12+/t20-,21-,22-,24-/m1/s1. The number of carboxylic acids is 1. The van der Waals surface area contributed by atoms with Gasteiger partial charge in [0.15, 0.2) is 17.9 Å². The highest BCUT2D eigenvalue weighted by molar-refractivity contribution is 6.01. The number of benzene rings is 2. The van der Waals surface area contributed by atoms with Gasteiger partial charge >= 0.3 is 12.0 Å². The predicted molar refractivity (Wildman–Crippen MR) is 151 cm³/mol. The molecule has 2 aromatic carbocycles. The fourth-order valence-corrected chi connectivity index (χ4v) is 4.23. The van der Waals surface area contributed by atoms with Crippen molar-refractivity contribution in [3.63, 3.8) is 0 Å². The van der Waals surface area contributed by atoms with Gasteiger partial charge in [-0.3, -0.25) is 10.1 Å². The fourth-order valence-electron chi connectivity index (χ4n) is 4.23. The van der Waals surface area contributed by atoms with Gasteiger partial charge < -0.3 is 35.6 Å². The second-order valence-corrected chi connectivity index (χ2v) is 8.95. The number of nitrogens with one attached hydrogen (secondary N) is 4. The number of carbonyl (C=O) groups is 2. The molecule has 6 N–H and O–H groups in total. The number of anilines is 4. The van der Waals surface area contributed by atoms with Crippen molar-refractivity contribution in [2.75, 3.05) is 28.3 Å². The molecule has 2 amide bonds. The second kappa shape index (κ2) is 14.0. The van der Waals surface area contributed by atoms with E-state index in [9.17, 15) is 19.8 Å². The number of carbonyl (C=O) groups excluding carboxylic acids is 1. The summed E-state index contributed by atoms with van der Waals surface area (Å²) in [6.07, 6.45) is 1.96. The second-order valence-electron chi connectivity index (χ2n) is 8.95. The van der Waals surface area contributed by atoms with Crippen LogP contribution in [-0.4, -0.2) is 64.0 Å². The molecule has 0 aliphatic carbocycles.